The van der Waals surface area contributed by atoms with Crippen LogP contribution in [0.25, 0.3) is 0 Å². The van der Waals surface area contributed by atoms with Gasteiger partial charge in [-0.15, -0.1) is 0 Å². The summed E-state index contributed by atoms with van der Waals surface area (Å²) in [6.45, 7) is 1.94. The quantitative estimate of drug-likeness (QED) is 0.386. The summed E-state index contributed by atoms with van der Waals surface area (Å²) in [6.07, 6.45) is 0. The van der Waals surface area contributed by atoms with Crippen molar-refractivity contribution in [2.45, 2.75) is 13.8 Å². The Morgan fingerprint density at radius 2 is 0.625 bits per heavy atom. The van der Waals surface area contributed by atoms with Gasteiger partial charge in [0.15, 0.2) is 0 Å². The molecule has 0 saturated heterocycles. The van der Waals surface area contributed by atoms with E-state index >= 15 is 0 Å². The maximum atomic E-state index is 8.89. The third-order valence-electron chi connectivity index (χ3n) is 0. The molecule has 104 valence electrons. The number of carboxylic acids is 2. The van der Waals surface area contributed by atoms with Crippen molar-refractivity contribution in [1.82, 2.24) is 0 Å². The van der Waals surface area contributed by atoms with Gasteiger partial charge in [0, 0.05) is 11.9 Å². The number of carbonyl (C=O) groups excluding carboxylic acids is 2. The minimum atomic E-state index is -1.08. The second-order valence-corrected chi connectivity index (χ2v) is 0.983. The minimum absolute atomic E-state index is 0. The van der Waals surface area contributed by atoms with Crippen LogP contribution in [0, 0.1) is 0 Å². The molecule has 0 heterocycles. The van der Waals surface area contributed by atoms with Crippen LogP contribution in [0.2, 0.25) is 0 Å². The molecule has 14 N–H and O–H groups in total. The molecule has 0 aliphatic rings. The molecule has 16 heavy (non-hydrogen) atoms. The van der Waals surface area contributed by atoms with Crippen molar-refractivity contribution in [3.8, 4) is 0 Å². The van der Waals surface area contributed by atoms with Gasteiger partial charge in [0.1, 0.15) is 0 Å². The number of aliphatic carboxylic acids is 2. The van der Waals surface area contributed by atoms with Gasteiger partial charge in [0.25, 0.3) is 0 Å². The molecule has 0 aromatic carbocycles. The average Bonchev–Trinajstić information content (AvgIpc) is 1.25. The van der Waals surface area contributed by atoms with Crippen molar-refractivity contribution in [2.75, 3.05) is 0 Å². The summed E-state index contributed by atoms with van der Waals surface area (Å²) in [6, 6.07) is 0. The Morgan fingerprint density at radius 1 is 0.625 bits per heavy atom. The van der Waals surface area contributed by atoms with Gasteiger partial charge in [-0.3, -0.25) is 0 Å². The topological polar surface area (TPSA) is 301 Å². The van der Waals surface area contributed by atoms with E-state index in [-0.39, 0.29) is 61.4 Å². The molecule has 0 radical (unpaired) electrons. The van der Waals surface area contributed by atoms with E-state index in [1.165, 1.54) is 0 Å². The maximum Gasteiger partial charge on any atom is 2.00 e. The van der Waals surface area contributed by atoms with E-state index in [2.05, 4.69) is 0 Å². The summed E-state index contributed by atoms with van der Waals surface area (Å²) in [4.78, 5) is 17.8. The molecule has 11 nitrogen and oxygen atoms in total. The fourth-order valence-electron chi connectivity index (χ4n) is 0. The molecule has 0 spiro atoms. The van der Waals surface area contributed by atoms with Crippen molar-refractivity contribution >= 4 is 35.0 Å². The molecular weight excluding hydrogens is 248 g/mol. The Balaban J connectivity index is -0.00000000375. The summed E-state index contributed by atoms with van der Waals surface area (Å²) in [5.74, 6) is -2.17. The van der Waals surface area contributed by atoms with Gasteiger partial charge < -0.3 is 58.1 Å². The van der Waals surface area contributed by atoms with Crippen LogP contribution >= 0.6 is 0 Å². The zero-order chi connectivity index (χ0) is 7.15. The first-order chi connectivity index (χ1) is 3.46. The molecule has 0 aromatic rings. The molecule has 12 heteroatoms. The summed E-state index contributed by atoms with van der Waals surface area (Å²) in [5.41, 5.74) is 0. The van der Waals surface area contributed by atoms with Crippen LogP contribution in [0.1, 0.15) is 13.8 Å². The fraction of sp³-hybridized carbons (Fsp3) is 0.500. The van der Waals surface area contributed by atoms with Gasteiger partial charge >= 0.3 is 23.1 Å². The van der Waals surface area contributed by atoms with Gasteiger partial charge in [0.05, 0.1) is 0 Å². The van der Waals surface area contributed by atoms with Crippen LogP contribution in [0.5, 0.6) is 0 Å². The Labute approximate surface area is 107 Å². The van der Waals surface area contributed by atoms with Crippen LogP contribution in [0.3, 0.4) is 0 Å². The fourth-order valence-corrected chi connectivity index (χ4v) is 0. The summed E-state index contributed by atoms with van der Waals surface area (Å²) < 4.78 is 0. The SMILES string of the molecule is CC(=O)[O-].CC(=O)[O-].O.O.O.O.O.O.O.[Mg+2]. The van der Waals surface area contributed by atoms with E-state index in [9.17, 15) is 0 Å². The standard InChI is InChI=1S/2C2H4O2.Mg.7H2O/c2*1-2(3)4;;;;;;;;/h2*1H3,(H,3,4);;7*1H2/q;;+2;;;;;;;/p-2. The normalized spacial score (nSPS) is 3.12. The Hall–Kier alpha value is -0.574. The monoisotopic (exact) mass is 268 g/mol. The van der Waals surface area contributed by atoms with Crippen LogP contribution < -0.4 is 10.2 Å². The van der Waals surface area contributed by atoms with Gasteiger partial charge in [0.2, 0.25) is 0 Å². The smallest absolute Gasteiger partial charge is 0.550 e. The molecule has 0 aliphatic heterocycles. The second kappa shape index (κ2) is 88.3. The molecular formula is C4H20MgO11. The van der Waals surface area contributed by atoms with E-state index < -0.39 is 11.9 Å². The minimum Gasteiger partial charge on any atom is -0.550 e. The van der Waals surface area contributed by atoms with Gasteiger partial charge in [-0.05, 0) is 13.8 Å². The zero-order valence-corrected chi connectivity index (χ0v) is 10.3. The van der Waals surface area contributed by atoms with Crippen molar-refractivity contribution in [3.05, 3.63) is 0 Å². The first-order valence-electron chi connectivity index (χ1n) is 1.82. The van der Waals surface area contributed by atoms with Gasteiger partial charge in [-0.2, -0.15) is 0 Å². The first-order valence-corrected chi connectivity index (χ1v) is 1.82. The van der Waals surface area contributed by atoms with E-state index in [1.54, 1.807) is 0 Å². The molecule has 0 aromatic heterocycles. The second-order valence-electron chi connectivity index (χ2n) is 0.983. The third-order valence-corrected chi connectivity index (χ3v) is 0. The summed E-state index contributed by atoms with van der Waals surface area (Å²) in [7, 11) is 0. The predicted octanol–water partition coefficient (Wildman–Crippen LogP) is -8.64. The van der Waals surface area contributed by atoms with Gasteiger partial charge in [-0.25, -0.2) is 0 Å². The largest absolute Gasteiger partial charge is 2.00 e. The van der Waals surface area contributed by atoms with E-state index in [1.807, 2.05) is 0 Å². The molecule has 0 rings (SSSR count). The molecule has 0 aliphatic carbocycles. The van der Waals surface area contributed by atoms with Gasteiger partial charge in [-0.1, -0.05) is 0 Å². The molecule has 0 bridgehead atoms. The Bertz CT molecular complexity index is 76.0. The van der Waals surface area contributed by atoms with Crippen molar-refractivity contribution in [2.24, 2.45) is 0 Å². The van der Waals surface area contributed by atoms with Crippen LogP contribution in [0.15, 0.2) is 0 Å². The summed E-state index contributed by atoms with van der Waals surface area (Å²) in [5, 5.41) is 17.8. The summed E-state index contributed by atoms with van der Waals surface area (Å²) >= 11 is 0. The molecule has 0 atom stereocenters. The average molecular weight is 268 g/mol. The number of carbonyl (C=O) groups is 2. The number of hydrogen-bond donors (Lipinski definition) is 0. The molecule has 0 amide bonds. The number of hydrogen-bond acceptors (Lipinski definition) is 4. The van der Waals surface area contributed by atoms with E-state index in [0.29, 0.717) is 0 Å². The Kier molecular flexibility index (Phi) is 602. The van der Waals surface area contributed by atoms with Crippen molar-refractivity contribution in [1.29, 1.82) is 0 Å². The van der Waals surface area contributed by atoms with Crippen molar-refractivity contribution in [3.63, 3.8) is 0 Å². The molecule has 0 unspecified atom stereocenters. The van der Waals surface area contributed by atoms with Crippen LogP contribution in [-0.4, -0.2) is 73.3 Å². The molecule has 0 fully saturated rings. The Morgan fingerprint density at radius 3 is 0.625 bits per heavy atom. The maximum absolute atomic E-state index is 8.89. The number of carboxylic acid groups (broad SMARTS) is 2. The van der Waals surface area contributed by atoms with Crippen LogP contribution in [0.4, 0.5) is 0 Å². The molecule has 0 saturated carbocycles. The first kappa shape index (κ1) is 109. The van der Waals surface area contributed by atoms with E-state index in [4.69, 9.17) is 19.8 Å². The number of rotatable bonds is 0. The zero-order valence-electron chi connectivity index (χ0n) is 8.84. The predicted molar refractivity (Wildman–Crippen MR) is 52.4 cm³/mol. The third kappa shape index (κ3) is 6300. The van der Waals surface area contributed by atoms with Crippen LogP contribution in [-0.2, 0) is 9.59 Å². The van der Waals surface area contributed by atoms with Crippen molar-refractivity contribution < 1.29 is 58.1 Å². The van der Waals surface area contributed by atoms with E-state index in [0.717, 1.165) is 13.8 Å².